The van der Waals surface area contributed by atoms with Crippen molar-refractivity contribution in [2.75, 3.05) is 5.32 Å². The monoisotopic (exact) mass is 261 g/mol. The minimum Gasteiger partial charge on any atom is -0.381 e. The molecular weight excluding hydrogens is 249 g/mol. The third-order valence-electron chi connectivity index (χ3n) is 3.32. The van der Waals surface area contributed by atoms with Gasteiger partial charge >= 0.3 is 0 Å². The van der Waals surface area contributed by atoms with Crippen LogP contribution in [-0.4, -0.2) is 6.04 Å². The van der Waals surface area contributed by atoms with Gasteiger partial charge in [0.15, 0.2) is 0 Å². The van der Waals surface area contributed by atoms with Crippen molar-refractivity contribution in [1.82, 2.24) is 0 Å². The lowest BCUT2D eigenvalue weighted by Crippen LogP contribution is -2.19. The minimum atomic E-state index is -0.183. The van der Waals surface area contributed by atoms with E-state index >= 15 is 0 Å². The van der Waals surface area contributed by atoms with Gasteiger partial charge in [-0.2, -0.15) is 0 Å². The van der Waals surface area contributed by atoms with Crippen LogP contribution in [0.5, 0.6) is 0 Å². The summed E-state index contributed by atoms with van der Waals surface area (Å²) in [6.07, 6.45) is 1.59. The molecule has 3 rings (SSSR count). The molecule has 92 valence electrons. The molecule has 1 nitrogen and oxygen atoms in total. The number of rotatable bonds is 2. The second-order valence-corrected chi connectivity index (χ2v) is 5.08. The highest BCUT2D eigenvalue weighted by Crippen LogP contribution is 2.27. The summed E-state index contributed by atoms with van der Waals surface area (Å²) in [5, 5.41) is 4.00. The molecule has 18 heavy (non-hydrogen) atoms. The molecule has 1 aliphatic heterocycles. The van der Waals surface area contributed by atoms with Crippen molar-refractivity contribution < 1.29 is 4.39 Å². The summed E-state index contributed by atoms with van der Waals surface area (Å²) < 4.78 is 13.7. The average molecular weight is 262 g/mol. The molecule has 2 aromatic carbocycles. The smallest absolute Gasteiger partial charge is 0.126 e. The van der Waals surface area contributed by atoms with Gasteiger partial charge in [0.1, 0.15) is 5.82 Å². The number of para-hydroxylation sites is 1. The van der Waals surface area contributed by atoms with Crippen LogP contribution in [0.3, 0.4) is 0 Å². The lowest BCUT2D eigenvalue weighted by molar-refractivity contribution is 0.598. The van der Waals surface area contributed by atoms with Crippen LogP contribution >= 0.6 is 11.6 Å². The molecule has 0 fully saturated rings. The summed E-state index contributed by atoms with van der Waals surface area (Å²) in [7, 11) is 0. The van der Waals surface area contributed by atoms with Crippen LogP contribution in [0.25, 0.3) is 0 Å². The van der Waals surface area contributed by atoms with Gasteiger partial charge in [0, 0.05) is 16.8 Å². The number of hydrogen-bond acceptors (Lipinski definition) is 1. The van der Waals surface area contributed by atoms with Gasteiger partial charge in [0.25, 0.3) is 0 Å². The van der Waals surface area contributed by atoms with E-state index in [1.54, 1.807) is 12.1 Å². The maximum atomic E-state index is 13.7. The normalized spacial score (nSPS) is 17.3. The molecule has 1 N–H and O–H groups in total. The summed E-state index contributed by atoms with van der Waals surface area (Å²) in [4.78, 5) is 0. The number of anilines is 1. The van der Waals surface area contributed by atoms with Gasteiger partial charge in [-0.3, -0.25) is 0 Å². The lowest BCUT2D eigenvalue weighted by Gasteiger charge is -2.12. The number of benzene rings is 2. The van der Waals surface area contributed by atoms with Crippen LogP contribution in [0.15, 0.2) is 42.5 Å². The lowest BCUT2D eigenvalue weighted by atomic mass is 10.0. The molecule has 0 bridgehead atoms. The Labute approximate surface area is 111 Å². The first-order valence-electron chi connectivity index (χ1n) is 6.01. The minimum absolute atomic E-state index is 0.183. The fourth-order valence-electron chi connectivity index (χ4n) is 2.46. The van der Waals surface area contributed by atoms with Gasteiger partial charge in [-0.05, 0) is 48.2 Å². The highest BCUT2D eigenvalue weighted by Gasteiger charge is 2.21. The highest BCUT2D eigenvalue weighted by atomic mass is 35.5. The maximum absolute atomic E-state index is 13.7. The molecule has 0 aliphatic carbocycles. The number of fused-ring (bicyclic) bond motifs is 1. The zero-order chi connectivity index (χ0) is 12.5. The summed E-state index contributed by atoms with van der Waals surface area (Å²) in [6.45, 7) is 0. The van der Waals surface area contributed by atoms with Gasteiger partial charge in [0.05, 0.1) is 0 Å². The van der Waals surface area contributed by atoms with Gasteiger partial charge < -0.3 is 5.32 Å². The largest absolute Gasteiger partial charge is 0.381 e. The molecule has 1 unspecified atom stereocenters. The summed E-state index contributed by atoms with van der Waals surface area (Å²) in [6, 6.07) is 13.2. The van der Waals surface area contributed by atoms with E-state index < -0.39 is 0 Å². The van der Waals surface area contributed by atoms with Crippen LogP contribution in [0.1, 0.15) is 11.1 Å². The Balaban J connectivity index is 1.78. The second kappa shape index (κ2) is 4.62. The Morgan fingerprint density at radius 3 is 2.89 bits per heavy atom. The number of halogens is 2. The van der Waals surface area contributed by atoms with Crippen molar-refractivity contribution in [3.8, 4) is 0 Å². The molecule has 0 spiro atoms. The van der Waals surface area contributed by atoms with Crippen molar-refractivity contribution >= 4 is 17.3 Å². The Hall–Kier alpha value is -1.54. The van der Waals surface area contributed by atoms with Crippen molar-refractivity contribution in [3.05, 3.63) is 64.4 Å². The first-order chi connectivity index (χ1) is 8.72. The zero-order valence-corrected chi connectivity index (χ0v) is 10.5. The first-order valence-corrected chi connectivity index (χ1v) is 6.38. The van der Waals surface area contributed by atoms with E-state index in [0.717, 1.165) is 12.1 Å². The maximum Gasteiger partial charge on any atom is 0.126 e. The van der Waals surface area contributed by atoms with E-state index in [0.29, 0.717) is 17.0 Å². The van der Waals surface area contributed by atoms with Crippen LogP contribution < -0.4 is 5.32 Å². The number of nitrogens with one attached hydrogen (secondary N) is 1. The van der Waals surface area contributed by atoms with Crippen LogP contribution in [0, 0.1) is 5.82 Å². The SMILES string of the molecule is Fc1ccc(Cl)cc1CC1Cc2ccccc2N1. The molecular formula is C15H13ClFN. The summed E-state index contributed by atoms with van der Waals surface area (Å²) in [5.74, 6) is -0.183. The molecule has 1 aliphatic rings. The quantitative estimate of drug-likeness (QED) is 0.860. The van der Waals surface area contributed by atoms with Gasteiger partial charge in [-0.25, -0.2) is 4.39 Å². The Morgan fingerprint density at radius 1 is 1.22 bits per heavy atom. The van der Waals surface area contributed by atoms with E-state index in [4.69, 9.17) is 11.6 Å². The van der Waals surface area contributed by atoms with Crippen molar-refractivity contribution in [2.45, 2.75) is 18.9 Å². The fraction of sp³-hybridized carbons (Fsp3) is 0.200. The van der Waals surface area contributed by atoms with Crippen LogP contribution in [0.2, 0.25) is 5.02 Å². The Kier molecular flexibility index (Phi) is 2.96. The Morgan fingerprint density at radius 2 is 2.06 bits per heavy atom. The molecule has 1 atom stereocenters. The van der Waals surface area contributed by atoms with E-state index in [9.17, 15) is 4.39 Å². The molecule has 0 amide bonds. The fourth-order valence-corrected chi connectivity index (χ4v) is 2.66. The third-order valence-corrected chi connectivity index (χ3v) is 3.55. The molecule has 0 aromatic heterocycles. The first kappa shape index (κ1) is 11.5. The number of hydrogen-bond donors (Lipinski definition) is 1. The van der Waals surface area contributed by atoms with Crippen molar-refractivity contribution in [2.24, 2.45) is 0 Å². The van der Waals surface area contributed by atoms with Gasteiger partial charge in [0.2, 0.25) is 0 Å². The molecule has 0 radical (unpaired) electrons. The average Bonchev–Trinajstić information content (AvgIpc) is 2.76. The zero-order valence-electron chi connectivity index (χ0n) is 9.79. The third kappa shape index (κ3) is 2.21. The molecule has 0 saturated heterocycles. The highest BCUT2D eigenvalue weighted by molar-refractivity contribution is 6.30. The molecule has 1 heterocycles. The molecule has 2 aromatic rings. The predicted molar refractivity (Wildman–Crippen MR) is 72.7 cm³/mol. The van der Waals surface area contributed by atoms with Crippen molar-refractivity contribution in [1.29, 1.82) is 0 Å². The van der Waals surface area contributed by atoms with Crippen molar-refractivity contribution in [3.63, 3.8) is 0 Å². The molecule has 0 saturated carbocycles. The predicted octanol–water partition coefficient (Wildman–Crippen LogP) is 4.06. The Bertz CT molecular complexity index is 557. The second-order valence-electron chi connectivity index (χ2n) is 4.64. The molecule has 3 heteroatoms. The van der Waals surface area contributed by atoms with Gasteiger partial charge in [-0.1, -0.05) is 29.8 Å². The standard InChI is InChI=1S/C15H13ClFN/c16-12-5-6-14(17)11(7-12)9-13-8-10-3-1-2-4-15(10)18-13/h1-7,13,18H,8-9H2. The van der Waals surface area contributed by atoms with Crippen LogP contribution in [-0.2, 0) is 12.8 Å². The van der Waals surface area contributed by atoms with E-state index in [1.165, 1.54) is 11.6 Å². The van der Waals surface area contributed by atoms with E-state index in [-0.39, 0.29) is 11.9 Å². The van der Waals surface area contributed by atoms with Gasteiger partial charge in [-0.15, -0.1) is 0 Å². The topological polar surface area (TPSA) is 12.0 Å². The summed E-state index contributed by atoms with van der Waals surface area (Å²) in [5.41, 5.74) is 3.13. The van der Waals surface area contributed by atoms with E-state index in [1.807, 2.05) is 12.1 Å². The van der Waals surface area contributed by atoms with E-state index in [2.05, 4.69) is 17.4 Å². The van der Waals surface area contributed by atoms with Crippen LogP contribution in [0.4, 0.5) is 10.1 Å². The summed E-state index contributed by atoms with van der Waals surface area (Å²) >= 11 is 5.90.